The van der Waals surface area contributed by atoms with Crippen LogP contribution in [-0.2, 0) is 0 Å². The van der Waals surface area contributed by atoms with Gasteiger partial charge in [0.1, 0.15) is 0 Å². The standard InChI is InChI=1S/C20H16BrClS/c1-23(2)19-6-4-3-5-15(19)16-9-7-13(11-20(16)23)17-12-14(22)8-10-18(17)21/h3-12H,1-2H3. The summed E-state index contributed by atoms with van der Waals surface area (Å²) in [5.74, 6) is 0. The predicted molar refractivity (Wildman–Crippen MR) is 106 cm³/mol. The lowest BCUT2D eigenvalue weighted by molar-refractivity contribution is 1.44. The van der Waals surface area contributed by atoms with Gasteiger partial charge in [0.2, 0.25) is 0 Å². The molecular weight excluding hydrogens is 388 g/mol. The Kier molecular flexibility index (Phi) is 3.60. The van der Waals surface area contributed by atoms with Crippen molar-refractivity contribution in [3.05, 3.63) is 70.2 Å². The quantitative estimate of drug-likeness (QED) is 0.402. The summed E-state index contributed by atoms with van der Waals surface area (Å²) < 4.78 is 1.07. The predicted octanol–water partition coefficient (Wildman–Crippen LogP) is 7.23. The molecule has 3 aromatic rings. The van der Waals surface area contributed by atoms with E-state index in [0.717, 1.165) is 15.1 Å². The van der Waals surface area contributed by atoms with Crippen molar-refractivity contribution in [3.8, 4) is 22.3 Å². The van der Waals surface area contributed by atoms with Crippen LogP contribution in [0.2, 0.25) is 5.02 Å². The van der Waals surface area contributed by atoms with E-state index in [1.807, 2.05) is 18.2 Å². The highest BCUT2D eigenvalue weighted by Crippen LogP contribution is 2.67. The van der Waals surface area contributed by atoms with E-state index < -0.39 is 10.0 Å². The summed E-state index contributed by atoms with van der Waals surface area (Å²) in [6, 6.07) is 21.6. The Morgan fingerprint density at radius 1 is 0.783 bits per heavy atom. The van der Waals surface area contributed by atoms with Crippen LogP contribution in [0.4, 0.5) is 0 Å². The molecule has 0 spiro atoms. The molecule has 23 heavy (non-hydrogen) atoms. The summed E-state index contributed by atoms with van der Waals surface area (Å²) >= 11 is 9.85. The zero-order valence-corrected chi connectivity index (χ0v) is 16.1. The maximum atomic E-state index is 6.20. The van der Waals surface area contributed by atoms with Crippen molar-refractivity contribution in [2.24, 2.45) is 0 Å². The zero-order valence-electron chi connectivity index (χ0n) is 12.9. The second-order valence-corrected chi connectivity index (χ2v) is 11.0. The van der Waals surface area contributed by atoms with Gasteiger partial charge in [-0.2, -0.15) is 10.0 Å². The first-order valence-corrected chi connectivity index (χ1v) is 11.0. The number of hydrogen-bond donors (Lipinski definition) is 0. The van der Waals surface area contributed by atoms with E-state index >= 15 is 0 Å². The van der Waals surface area contributed by atoms with Crippen molar-refractivity contribution in [1.29, 1.82) is 0 Å². The average molecular weight is 404 g/mol. The zero-order chi connectivity index (χ0) is 16.2. The van der Waals surface area contributed by atoms with Gasteiger partial charge in [-0.3, -0.25) is 0 Å². The van der Waals surface area contributed by atoms with Gasteiger partial charge in [-0.25, -0.2) is 0 Å². The molecule has 0 amide bonds. The van der Waals surface area contributed by atoms with Gasteiger partial charge >= 0.3 is 0 Å². The minimum Gasteiger partial charge on any atom is -0.192 e. The summed E-state index contributed by atoms with van der Waals surface area (Å²) in [5.41, 5.74) is 5.12. The van der Waals surface area contributed by atoms with E-state index in [4.69, 9.17) is 11.6 Å². The minimum absolute atomic E-state index is 0.763. The minimum atomic E-state index is -0.967. The first kappa shape index (κ1) is 15.3. The van der Waals surface area contributed by atoms with Crippen molar-refractivity contribution < 1.29 is 0 Å². The second kappa shape index (κ2) is 5.41. The fourth-order valence-electron chi connectivity index (χ4n) is 3.31. The van der Waals surface area contributed by atoms with E-state index in [-0.39, 0.29) is 0 Å². The first-order chi connectivity index (χ1) is 11.0. The molecule has 0 unspecified atom stereocenters. The summed E-state index contributed by atoms with van der Waals surface area (Å²) in [6.07, 6.45) is 4.77. The number of fused-ring (bicyclic) bond motifs is 3. The molecule has 3 aromatic carbocycles. The number of hydrogen-bond acceptors (Lipinski definition) is 0. The van der Waals surface area contributed by atoms with E-state index in [0.29, 0.717) is 0 Å². The van der Waals surface area contributed by atoms with Crippen LogP contribution in [0.15, 0.2) is 74.9 Å². The Balaban J connectivity index is 1.94. The molecular formula is C20H16BrClS. The van der Waals surface area contributed by atoms with Crippen molar-refractivity contribution >= 4 is 37.6 Å². The van der Waals surface area contributed by atoms with Crippen LogP contribution in [0.25, 0.3) is 22.3 Å². The molecule has 1 heterocycles. The Labute approximate surface area is 151 Å². The molecule has 1 aliphatic rings. The maximum Gasteiger partial charge on any atom is 0.0412 e. The van der Waals surface area contributed by atoms with Crippen molar-refractivity contribution in [1.82, 2.24) is 0 Å². The lowest BCUT2D eigenvalue weighted by Crippen LogP contribution is -1.93. The highest BCUT2D eigenvalue weighted by atomic mass is 79.9. The topological polar surface area (TPSA) is 0 Å². The van der Waals surface area contributed by atoms with E-state index in [9.17, 15) is 0 Å². The van der Waals surface area contributed by atoms with Crippen LogP contribution in [0, 0.1) is 0 Å². The van der Waals surface area contributed by atoms with Crippen LogP contribution >= 0.6 is 37.6 Å². The SMILES string of the molecule is CS1(C)c2ccccc2-c2ccc(-c3cc(Cl)ccc3Br)cc21. The molecule has 0 atom stereocenters. The Morgan fingerprint density at radius 3 is 2.35 bits per heavy atom. The van der Waals surface area contributed by atoms with Crippen molar-refractivity contribution in [3.63, 3.8) is 0 Å². The van der Waals surface area contributed by atoms with E-state index in [1.165, 1.54) is 26.5 Å². The Morgan fingerprint density at radius 2 is 1.52 bits per heavy atom. The molecule has 0 saturated heterocycles. The third-order valence-corrected chi connectivity index (χ3v) is 8.32. The number of halogens is 2. The fraction of sp³-hybridized carbons (Fsp3) is 0.100. The van der Waals surface area contributed by atoms with Crippen LogP contribution < -0.4 is 0 Å². The molecule has 0 nitrogen and oxygen atoms in total. The Bertz CT molecular complexity index is 931. The van der Waals surface area contributed by atoms with Gasteiger partial charge in [-0.15, -0.1) is 0 Å². The molecule has 0 aromatic heterocycles. The van der Waals surface area contributed by atoms with Crippen molar-refractivity contribution in [2.45, 2.75) is 9.79 Å². The molecule has 4 rings (SSSR count). The van der Waals surface area contributed by atoms with Gasteiger partial charge in [0.05, 0.1) is 0 Å². The third-order valence-electron chi connectivity index (χ3n) is 4.50. The number of rotatable bonds is 1. The normalized spacial score (nSPS) is 15.8. The highest BCUT2D eigenvalue weighted by Gasteiger charge is 2.31. The van der Waals surface area contributed by atoms with Gasteiger partial charge in [-0.1, -0.05) is 57.9 Å². The molecule has 0 aliphatic carbocycles. The molecule has 3 heteroatoms. The van der Waals surface area contributed by atoms with E-state index in [2.05, 4.69) is 70.9 Å². The molecule has 0 N–H and O–H groups in total. The molecule has 0 fully saturated rings. The maximum absolute atomic E-state index is 6.20. The van der Waals surface area contributed by atoms with Crippen LogP contribution in [0.3, 0.4) is 0 Å². The third kappa shape index (κ3) is 2.36. The van der Waals surface area contributed by atoms with Gasteiger partial charge in [0, 0.05) is 19.3 Å². The fourth-order valence-corrected chi connectivity index (χ4v) is 6.49. The van der Waals surface area contributed by atoms with Gasteiger partial charge in [-0.05, 0) is 65.1 Å². The van der Waals surface area contributed by atoms with E-state index in [1.54, 1.807) is 0 Å². The van der Waals surface area contributed by atoms with Gasteiger partial charge in [0.15, 0.2) is 0 Å². The molecule has 0 bridgehead atoms. The lowest BCUT2D eigenvalue weighted by atomic mass is 10.0. The lowest BCUT2D eigenvalue weighted by Gasteiger charge is -2.28. The summed E-state index contributed by atoms with van der Waals surface area (Å²) in [7, 11) is -0.967. The monoisotopic (exact) mass is 402 g/mol. The van der Waals surface area contributed by atoms with Crippen LogP contribution in [0.5, 0.6) is 0 Å². The summed E-state index contributed by atoms with van der Waals surface area (Å²) in [4.78, 5) is 2.94. The summed E-state index contributed by atoms with van der Waals surface area (Å²) in [6.45, 7) is 0. The number of benzene rings is 3. The average Bonchev–Trinajstić information content (AvgIpc) is 2.78. The van der Waals surface area contributed by atoms with Crippen LogP contribution in [-0.4, -0.2) is 12.5 Å². The van der Waals surface area contributed by atoms with Gasteiger partial charge < -0.3 is 0 Å². The van der Waals surface area contributed by atoms with Crippen LogP contribution in [0.1, 0.15) is 0 Å². The molecule has 0 saturated carbocycles. The molecule has 116 valence electrons. The largest absolute Gasteiger partial charge is 0.192 e. The van der Waals surface area contributed by atoms with Gasteiger partial charge in [0.25, 0.3) is 0 Å². The first-order valence-electron chi connectivity index (χ1n) is 7.41. The molecule has 0 radical (unpaired) electrons. The van der Waals surface area contributed by atoms with Crippen molar-refractivity contribution in [2.75, 3.05) is 12.5 Å². The highest BCUT2D eigenvalue weighted by molar-refractivity contribution is 9.10. The Hall–Kier alpha value is -1.22. The summed E-state index contributed by atoms with van der Waals surface area (Å²) in [5, 5.41) is 0.763. The second-order valence-electron chi connectivity index (χ2n) is 6.16. The molecule has 1 aliphatic heterocycles. The smallest absolute Gasteiger partial charge is 0.0412 e.